The molecule has 6 nitrogen and oxygen atoms in total. The summed E-state index contributed by atoms with van der Waals surface area (Å²) in [6, 6.07) is 9.92. The SMILES string of the molecule is COC(=O)C(NS(=O)(=O)c1ccc(Cl)nc1)c1ccccc1. The van der Waals surface area contributed by atoms with Gasteiger partial charge in [-0.05, 0) is 17.7 Å². The Morgan fingerprint density at radius 2 is 1.91 bits per heavy atom. The summed E-state index contributed by atoms with van der Waals surface area (Å²) in [5.74, 6) is -0.711. The van der Waals surface area contributed by atoms with Crippen LogP contribution >= 0.6 is 11.6 Å². The van der Waals surface area contributed by atoms with Crippen LogP contribution in [0.15, 0.2) is 53.6 Å². The molecule has 116 valence electrons. The van der Waals surface area contributed by atoms with Crippen molar-refractivity contribution >= 4 is 27.6 Å². The smallest absolute Gasteiger partial charge is 0.328 e. The van der Waals surface area contributed by atoms with E-state index in [1.54, 1.807) is 30.3 Å². The molecule has 0 fully saturated rings. The van der Waals surface area contributed by atoms with E-state index >= 15 is 0 Å². The Morgan fingerprint density at radius 1 is 1.23 bits per heavy atom. The molecule has 1 N–H and O–H groups in total. The van der Waals surface area contributed by atoms with Crippen LogP contribution in [0.4, 0.5) is 0 Å². The molecule has 1 unspecified atom stereocenters. The molecule has 0 aliphatic carbocycles. The zero-order valence-corrected chi connectivity index (χ0v) is 13.1. The lowest BCUT2D eigenvalue weighted by Gasteiger charge is -2.16. The molecule has 0 amide bonds. The summed E-state index contributed by atoms with van der Waals surface area (Å²) in [6.45, 7) is 0. The first kappa shape index (κ1) is 16.4. The molecule has 22 heavy (non-hydrogen) atoms. The summed E-state index contributed by atoms with van der Waals surface area (Å²) in [6.07, 6.45) is 1.12. The molecule has 0 aliphatic heterocycles. The lowest BCUT2D eigenvalue weighted by Crippen LogP contribution is -2.34. The van der Waals surface area contributed by atoms with Gasteiger partial charge in [-0.3, -0.25) is 0 Å². The lowest BCUT2D eigenvalue weighted by molar-refractivity contribution is -0.142. The number of nitrogens with zero attached hydrogens (tertiary/aromatic N) is 1. The number of methoxy groups -OCH3 is 1. The van der Waals surface area contributed by atoms with Crippen LogP contribution in [0, 0.1) is 0 Å². The van der Waals surface area contributed by atoms with Gasteiger partial charge in [0.25, 0.3) is 0 Å². The molecule has 1 aromatic heterocycles. The standard InChI is InChI=1S/C14H13ClN2O4S/c1-21-14(18)13(10-5-3-2-4-6-10)17-22(19,20)11-7-8-12(15)16-9-11/h2-9,13,17H,1H3. The maximum Gasteiger partial charge on any atom is 0.328 e. The molecule has 1 heterocycles. The molecule has 8 heteroatoms. The number of hydrogen-bond acceptors (Lipinski definition) is 5. The number of ether oxygens (including phenoxy) is 1. The summed E-state index contributed by atoms with van der Waals surface area (Å²) in [4.78, 5) is 15.5. The highest BCUT2D eigenvalue weighted by molar-refractivity contribution is 7.89. The average molecular weight is 341 g/mol. The van der Waals surface area contributed by atoms with Crippen LogP contribution in [0.3, 0.4) is 0 Å². The van der Waals surface area contributed by atoms with Gasteiger partial charge in [-0.1, -0.05) is 41.9 Å². The average Bonchev–Trinajstić information content (AvgIpc) is 2.53. The van der Waals surface area contributed by atoms with Gasteiger partial charge in [0, 0.05) is 6.20 Å². The van der Waals surface area contributed by atoms with Crippen LogP contribution in [0.5, 0.6) is 0 Å². The molecule has 1 atom stereocenters. The Morgan fingerprint density at radius 3 is 2.45 bits per heavy atom. The van der Waals surface area contributed by atoms with E-state index in [0.717, 1.165) is 6.20 Å². The van der Waals surface area contributed by atoms with Crippen molar-refractivity contribution in [2.24, 2.45) is 0 Å². The number of sulfonamides is 1. The number of hydrogen-bond donors (Lipinski definition) is 1. The zero-order chi connectivity index (χ0) is 16.2. The minimum absolute atomic E-state index is 0.0956. The van der Waals surface area contributed by atoms with E-state index < -0.39 is 22.0 Å². The number of benzene rings is 1. The molecule has 0 saturated carbocycles. The highest BCUT2D eigenvalue weighted by Gasteiger charge is 2.28. The van der Waals surface area contributed by atoms with Crippen molar-refractivity contribution in [1.82, 2.24) is 9.71 Å². The highest BCUT2D eigenvalue weighted by atomic mass is 35.5. The number of aromatic nitrogens is 1. The molecule has 1 aromatic carbocycles. The third-order valence-corrected chi connectivity index (χ3v) is 4.49. The Kier molecular flexibility index (Phi) is 5.12. The maximum absolute atomic E-state index is 12.3. The van der Waals surface area contributed by atoms with E-state index in [0.29, 0.717) is 5.56 Å². The van der Waals surface area contributed by atoms with Crippen LogP contribution in [0.2, 0.25) is 5.15 Å². The monoisotopic (exact) mass is 340 g/mol. The Bertz CT molecular complexity index is 748. The molecular formula is C14H13ClN2O4S. The van der Waals surface area contributed by atoms with Crippen LogP contribution in [0.25, 0.3) is 0 Å². The van der Waals surface area contributed by atoms with Crippen LogP contribution < -0.4 is 4.72 Å². The first-order valence-electron chi connectivity index (χ1n) is 6.20. The molecule has 0 saturated heterocycles. The second-order valence-electron chi connectivity index (χ2n) is 4.30. The molecule has 2 aromatic rings. The maximum atomic E-state index is 12.3. The van der Waals surface area contributed by atoms with Gasteiger partial charge < -0.3 is 4.74 Å². The van der Waals surface area contributed by atoms with Crippen molar-refractivity contribution in [1.29, 1.82) is 0 Å². The van der Waals surface area contributed by atoms with E-state index in [1.807, 2.05) is 0 Å². The van der Waals surface area contributed by atoms with E-state index in [-0.39, 0.29) is 10.0 Å². The van der Waals surface area contributed by atoms with Crippen molar-refractivity contribution in [3.8, 4) is 0 Å². The van der Waals surface area contributed by atoms with Crippen LogP contribution in [-0.4, -0.2) is 26.5 Å². The number of esters is 1. The lowest BCUT2D eigenvalue weighted by atomic mass is 10.1. The molecule has 0 spiro atoms. The minimum atomic E-state index is -3.95. The van der Waals surface area contributed by atoms with Gasteiger partial charge in [0.15, 0.2) is 0 Å². The third kappa shape index (κ3) is 3.82. The summed E-state index contributed by atoms with van der Waals surface area (Å²) in [5, 5.41) is 0.173. The third-order valence-electron chi connectivity index (χ3n) is 2.85. The Hall–Kier alpha value is -1.96. The summed E-state index contributed by atoms with van der Waals surface area (Å²) >= 11 is 5.64. The first-order valence-corrected chi connectivity index (χ1v) is 8.07. The molecule has 0 aliphatic rings. The van der Waals surface area contributed by atoms with Gasteiger partial charge in [0.1, 0.15) is 16.1 Å². The van der Waals surface area contributed by atoms with Gasteiger partial charge >= 0.3 is 5.97 Å². The highest BCUT2D eigenvalue weighted by Crippen LogP contribution is 2.19. The first-order chi connectivity index (χ1) is 10.4. The fourth-order valence-electron chi connectivity index (χ4n) is 1.76. The van der Waals surface area contributed by atoms with Crippen molar-refractivity contribution in [3.63, 3.8) is 0 Å². The number of carbonyl (C=O) groups is 1. The second kappa shape index (κ2) is 6.87. The summed E-state index contributed by atoms with van der Waals surface area (Å²) < 4.78 is 31.7. The zero-order valence-electron chi connectivity index (χ0n) is 11.6. The van der Waals surface area contributed by atoms with Crippen molar-refractivity contribution < 1.29 is 17.9 Å². The minimum Gasteiger partial charge on any atom is -0.468 e. The van der Waals surface area contributed by atoms with Crippen LogP contribution in [0.1, 0.15) is 11.6 Å². The molecule has 2 rings (SSSR count). The quantitative estimate of drug-likeness (QED) is 0.664. The predicted octanol–water partition coefficient (Wildman–Crippen LogP) is 1.93. The summed E-state index contributed by atoms with van der Waals surface area (Å²) in [7, 11) is -2.76. The van der Waals surface area contributed by atoms with Gasteiger partial charge in [-0.15, -0.1) is 0 Å². The van der Waals surface area contributed by atoms with E-state index in [9.17, 15) is 13.2 Å². The summed E-state index contributed by atoms with van der Waals surface area (Å²) in [5.41, 5.74) is 0.472. The van der Waals surface area contributed by atoms with Crippen molar-refractivity contribution in [2.75, 3.05) is 7.11 Å². The number of pyridine rings is 1. The fourth-order valence-corrected chi connectivity index (χ4v) is 2.99. The van der Waals surface area contributed by atoms with Gasteiger partial charge in [-0.25, -0.2) is 18.2 Å². The second-order valence-corrected chi connectivity index (χ2v) is 6.41. The van der Waals surface area contributed by atoms with Gasteiger partial charge in [-0.2, -0.15) is 4.72 Å². The molecule has 0 radical (unpaired) electrons. The van der Waals surface area contributed by atoms with Crippen LogP contribution in [-0.2, 0) is 19.6 Å². The Balaban J connectivity index is 2.34. The normalized spacial score (nSPS) is 12.6. The van der Waals surface area contributed by atoms with Gasteiger partial charge in [0.05, 0.1) is 7.11 Å². The predicted molar refractivity (Wildman–Crippen MR) is 80.8 cm³/mol. The van der Waals surface area contributed by atoms with E-state index in [2.05, 4.69) is 14.4 Å². The van der Waals surface area contributed by atoms with Gasteiger partial charge in [0.2, 0.25) is 10.0 Å². The van der Waals surface area contributed by atoms with Crippen molar-refractivity contribution in [3.05, 3.63) is 59.4 Å². The van der Waals surface area contributed by atoms with Crippen molar-refractivity contribution in [2.45, 2.75) is 10.9 Å². The van der Waals surface area contributed by atoms with E-state index in [4.69, 9.17) is 11.6 Å². The number of halogens is 1. The number of carbonyl (C=O) groups excluding carboxylic acids is 1. The molecular weight excluding hydrogens is 328 g/mol. The molecule has 0 bridgehead atoms. The number of nitrogens with one attached hydrogen (secondary N) is 1. The topological polar surface area (TPSA) is 85.4 Å². The van der Waals surface area contributed by atoms with E-state index in [1.165, 1.54) is 19.2 Å². The number of rotatable bonds is 5. The Labute approximate surface area is 133 Å². The largest absolute Gasteiger partial charge is 0.468 e. The fraction of sp³-hybridized carbons (Fsp3) is 0.143.